The highest BCUT2D eigenvalue weighted by atomic mass is 16.5. The van der Waals surface area contributed by atoms with Gasteiger partial charge < -0.3 is 15.4 Å². The van der Waals surface area contributed by atoms with E-state index in [0.29, 0.717) is 0 Å². The maximum Gasteiger partial charge on any atom is 0.241 e. The van der Waals surface area contributed by atoms with Gasteiger partial charge in [-0.15, -0.1) is 0 Å². The molecule has 0 radical (unpaired) electrons. The molecule has 1 unspecified atom stereocenters. The number of ether oxygens (including phenoxy) is 1. The number of amides is 1. The van der Waals surface area contributed by atoms with Crippen LogP contribution >= 0.6 is 0 Å². The molecule has 0 spiro atoms. The monoisotopic (exact) mass is 246 g/mol. The molecule has 1 amide bonds. The van der Waals surface area contributed by atoms with Crippen molar-refractivity contribution in [2.24, 2.45) is 0 Å². The van der Waals surface area contributed by atoms with Crippen molar-refractivity contribution in [3.8, 4) is 5.75 Å². The first-order chi connectivity index (χ1) is 8.83. The third-order valence-corrected chi connectivity index (χ3v) is 3.58. The van der Waals surface area contributed by atoms with Crippen molar-refractivity contribution in [3.05, 3.63) is 23.8 Å². The van der Waals surface area contributed by atoms with Crippen LogP contribution in [0.1, 0.15) is 24.8 Å². The van der Waals surface area contributed by atoms with Gasteiger partial charge in [0.1, 0.15) is 5.75 Å². The van der Waals surface area contributed by atoms with Crippen molar-refractivity contribution in [1.82, 2.24) is 5.32 Å². The Balaban J connectivity index is 1.66. The lowest BCUT2D eigenvalue weighted by molar-refractivity contribution is -0.118. The molecule has 0 aromatic heterocycles. The molecule has 1 atom stereocenters. The quantitative estimate of drug-likeness (QED) is 0.835. The summed E-state index contributed by atoms with van der Waals surface area (Å²) in [5.41, 5.74) is 2.06. The van der Waals surface area contributed by atoms with E-state index >= 15 is 0 Å². The van der Waals surface area contributed by atoms with Crippen LogP contribution < -0.4 is 15.4 Å². The Morgan fingerprint density at radius 1 is 1.39 bits per heavy atom. The Bertz CT molecular complexity index is 453. The normalized spacial score (nSPS) is 22.1. The van der Waals surface area contributed by atoms with Crippen LogP contribution in [0.3, 0.4) is 0 Å². The van der Waals surface area contributed by atoms with E-state index in [1.54, 1.807) is 0 Å². The van der Waals surface area contributed by atoms with Gasteiger partial charge in [0, 0.05) is 12.1 Å². The van der Waals surface area contributed by atoms with Crippen molar-refractivity contribution in [3.63, 3.8) is 0 Å². The molecule has 2 aliphatic rings. The molecule has 1 fully saturated rings. The van der Waals surface area contributed by atoms with Crippen molar-refractivity contribution in [2.75, 3.05) is 18.5 Å². The summed E-state index contributed by atoms with van der Waals surface area (Å²) in [7, 11) is 0. The minimum absolute atomic E-state index is 0.0387. The molecule has 1 aromatic carbocycles. The Hall–Kier alpha value is -1.55. The number of anilines is 1. The average Bonchev–Trinajstić information content (AvgIpc) is 2.87. The molecule has 18 heavy (non-hydrogen) atoms. The minimum atomic E-state index is -0.0387. The fourth-order valence-electron chi connectivity index (χ4n) is 2.57. The van der Waals surface area contributed by atoms with Crippen LogP contribution in [0.15, 0.2) is 18.2 Å². The fraction of sp³-hybridized carbons (Fsp3) is 0.500. The van der Waals surface area contributed by atoms with E-state index in [2.05, 4.69) is 10.6 Å². The molecule has 3 rings (SSSR count). The molecule has 2 N–H and O–H groups in total. The SMILES string of the molecule is O=C(Nc1ccc2c(c1)CCO2)C1CCCCN1. The van der Waals surface area contributed by atoms with Gasteiger partial charge in [-0.2, -0.15) is 0 Å². The van der Waals surface area contributed by atoms with Crippen LogP contribution in [-0.4, -0.2) is 25.1 Å². The van der Waals surface area contributed by atoms with Crippen molar-refractivity contribution < 1.29 is 9.53 Å². The number of carbonyl (C=O) groups is 1. The summed E-state index contributed by atoms with van der Waals surface area (Å²) in [5.74, 6) is 1.03. The van der Waals surface area contributed by atoms with Gasteiger partial charge in [0.05, 0.1) is 12.6 Å². The number of hydrogen-bond donors (Lipinski definition) is 2. The van der Waals surface area contributed by atoms with Gasteiger partial charge in [0.2, 0.25) is 5.91 Å². The second kappa shape index (κ2) is 4.98. The zero-order valence-electron chi connectivity index (χ0n) is 10.4. The molecule has 1 aromatic rings. The Morgan fingerprint density at radius 3 is 3.17 bits per heavy atom. The molecule has 0 bridgehead atoms. The zero-order valence-corrected chi connectivity index (χ0v) is 10.4. The Kier molecular flexibility index (Phi) is 3.19. The van der Waals surface area contributed by atoms with Crippen LogP contribution in [-0.2, 0) is 11.2 Å². The molecular formula is C14H18N2O2. The van der Waals surface area contributed by atoms with Gasteiger partial charge in [-0.25, -0.2) is 0 Å². The molecule has 2 aliphatic heterocycles. The van der Waals surface area contributed by atoms with Gasteiger partial charge >= 0.3 is 0 Å². The van der Waals surface area contributed by atoms with Crippen LogP contribution in [0.5, 0.6) is 5.75 Å². The van der Waals surface area contributed by atoms with Gasteiger partial charge in [-0.3, -0.25) is 4.79 Å². The fourth-order valence-corrected chi connectivity index (χ4v) is 2.57. The summed E-state index contributed by atoms with van der Waals surface area (Å²) in [6.07, 6.45) is 4.16. The average molecular weight is 246 g/mol. The predicted octanol–water partition coefficient (Wildman–Crippen LogP) is 1.70. The number of fused-ring (bicyclic) bond motifs is 1. The molecule has 4 heteroatoms. The largest absolute Gasteiger partial charge is 0.493 e. The number of piperidine rings is 1. The van der Waals surface area contributed by atoms with Crippen molar-refractivity contribution in [2.45, 2.75) is 31.7 Å². The predicted molar refractivity (Wildman–Crippen MR) is 69.9 cm³/mol. The van der Waals surface area contributed by atoms with Crippen LogP contribution in [0.4, 0.5) is 5.69 Å². The lowest BCUT2D eigenvalue weighted by Gasteiger charge is -2.22. The Labute approximate surface area is 107 Å². The van der Waals surface area contributed by atoms with Crippen LogP contribution in [0.2, 0.25) is 0 Å². The van der Waals surface area contributed by atoms with Crippen LogP contribution in [0, 0.1) is 0 Å². The number of hydrogen-bond acceptors (Lipinski definition) is 3. The highest BCUT2D eigenvalue weighted by Gasteiger charge is 2.21. The molecule has 4 nitrogen and oxygen atoms in total. The van der Waals surface area contributed by atoms with Gasteiger partial charge in [-0.1, -0.05) is 6.42 Å². The van der Waals surface area contributed by atoms with Gasteiger partial charge in [0.25, 0.3) is 0 Å². The second-order valence-electron chi connectivity index (χ2n) is 4.91. The van der Waals surface area contributed by atoms with E-state index in [-0.39, 0.29) is 11.9 Å². The standard InChI is InChI=1S/C14H18N2O2/c17-14(12-3-1-2-7-15-12)16-11-4-5-13-10(9-11)6-8-18-13/h4-5,9,12,15H,1-3,6-8H2,(H,16,17). The first-order valence-electron chi connectivity index (χ1n) is 6.63. The summed E-state index contributed by atoms with van der Waals surface area (Å²) in [6.45, 7) is 1.69. The first kappa shape index (κ1) is 11.5. The number of carbonyl (C=O) groups excluding carboxylic acids is 1. The molecule has 96 valence electrons. The number of rotatable bonds is 2. The van der Waals surface area contributed by atoms with E-state index < -0.39 is 0 Å². The summed E-state index contributed by atoms with van der Waals surface area (Å²) >= 11 is 0. The summed E-state index contributed by atoms with van der Waals surface area (Å²) in [5, 5.41) is 6.24. The van der Waals surface area contributed by atoms with Gasteiger partial charge in [-0.05, 0) is 43.1 Å². The third kappa shape index (κ3) is 2.34. The lowest BCUT2D eigenvalue weighted by Crippen LogP contribution is -2.43. The molecule has 1 saturated heterocycles. The van der Waals surface area contributed by atoms with Crippen molar-refractivity contribution in [1.29, 1.82) is 0 Å². The van der Waals surface area contributed by atoms with E-state index in [1.807, 2.05) is 18.2 Å². The summed E-state index contributed by atoms with van der Waals surface area (Å²) < 4.78 is 5.45. The van der Waals surface area contributed by atoms with Crippen LogP contribution in [0.25, 0.3) is 0 Å². The minimum Gasteiger partial charge on any atom is -0.493 e. The maximum atomic E-state index is 12.1. The molecule has 2 heterocycles. The molecule has 0 saturated carbocycles. The maximum absolute atomic E-state index is 12.1. The lowest BCUT2D eigenvalue weighted by atomic mass is 10.0. The van der Waals surface area contributed by atoms with Gasteiger partial charge in [0.15, 0.2) is 0 Å². The van der Waals surface area contributed by atoms with E-state index in [0.717, 1.165) is 43.9 Å². The number of benzene rings is 1. The third-order valence-electron chi connectivity index (χ3n) is 3.58. The highest BCUT2D eigenvalue weighted by Crippen LogP contribution is 2.27. The van der Waals surface area contributed by atoms with Crippen molar-refractivity contribution >= 4 is 11.6 Å². The smallest absolute Gasteiger partial charge is 0.241 e. The Morgan fingerprint density at radius 2 is 2.33 bits per heavy atom. The molecule has 0 aliphatic carbocycles. The topological polar surface area (TPSA) is 50.4 Å². The highest BCUT2D eigenvalue weighted by molar-refractivity contribution is 5.95. The van der Waals surface area contributed by atoms with E-state index in [4.69, 9.17) is 4.74 Å². The number of nitrogens with one attached hydrogen (secondary N) is 2. The molecular weight excluding hydrogens is 228 g/mol. The second-order valence-corrected chi connectivity index (χ2v) is 4.91. The first-order valence-corrected chi connectivity index (χ1v) is 6.63. The van der Waals surface area contributed by atoms with E-state index in [9.17, 15) is 4.79 Å². The zero-order chi connectivity index (χ0) is 12.4. The van der Waals surface area contributed by atoms with E-state index in [1.165, 1.54) is 12.0 Å². The summed E-state index contributed by atoms with van der Waals surface area (Å²) in [6, 6.07) is 5.82. The summed E-state index contributed by atoms with van der Waals surface area (Å²) in [4.78, 5) is 12.1.